The Bertz CT molecular complexity index is 342. The Morgan fingerprint density at radius 3 is 2.31 bits per heavy atom. The minimum absolute atomic E-state index is 0.0655. The number of carbonyl (C=O) groups is 1. The average Bonchev–Trinajstić information content (AvgIpc) is 2.97. The highest BCUT2D eigenvalue weighted by Crippen LogP contribution is 2.68. The van der Waals surface area contributed by atoms with E-state index in [1.54, 1.807) is 0 Å². The van der Waals surface area contributed by atoms with Gasteiger partial charge in [-0.15, -0.1) is 0 Å². The predicted octanol–water partition coefficient (Wildman–Crippen LogP) is 2.56. The molecule has 3 atom stereocenters. The molecular formula is C14H20O2. The lowest BCUT2D eigenvalue weighted by Gasteiger charge is -2.61. The van der Waals surface area contributed by atoms with Crippen LogP contribution >= 0.6 is 0 Å². The van der Waals surface area contributed by atoms with Gasteiger partial charge in [0.15, 0.2) is 0 Å². The number of epoxide rings is 1. The Morgan fingerprint density at radius 1 is 1.19 bits per heavy atom. The van der Waals surface area contributed by atoms with Crippen LogP contribution in [0.5, 0.6) is 0 Å². The first-order valence-electron chi connectivity index (χ1n) is 6.75. The first-order valence-corrected chi connectivity index (χ1v) is 6.75. The number of rotatable bonds is 2. The van der Waals surface area contributed by atoms with E-state index >= 15 is 0 Å². The summed E-state index contributed by atoms with van der Waals surface area (Å²) in [6.45, 7) is 2.79. The van der Waals surface area contributed by atoms with Gasteiger partial charge in [-0.1, -0.05) is 0 Å². The molecule has 3 unspecified atom stereocenters. The fourth-order valence-electron chi connectivity index (χ4n) is 5.52. The number of ketones is 1. The molecule has 0 aromatic carbocycles. The highest BCUT2D eigenvalue weighted by atomic mass is 16.6. The monoisotopic (exact) mass is 220 g/mol. The molecule has 0 radical (unpaired) electrons. The maximum absolute atomic E-state index is 12.0. The van der Waals surface area contributed by atoms with E-state index in [0.29, 0.717) is 17.3 Å². The molecule has 2 nitrogen and oxygen atoms in total. The molecule has 88 valence electrons. The van der Waals surface area contributed by atoms with Crippen LogP contribution in [-0.4, -0.2) is 18.5 Å². The van der Waals surface area contributed by atoms with Gasteiger partial charge in [0.1, 0.15) is 5.78 Å². The van der Waals surface area contributed by atoms with Crippen molar-refractivity contribution in [3.8, 4) is 0 Å². The molecule has 1 heterocycles. The van der Waals surface area contributed by atoms with E-state index in [9.17, 15) is 4.79 Å². The fraction of sp³-hybridized carbons (Fsp3) is 0.929. The summed E-state index contributed by atoms with van der Waals surface area (Å²) >= 11 is 0. The smallest absolute Gasteiger partial charge is 0.136 e. The summed E-state index contributed by atoms with van der Waals surface area (Å²) in [6, 6.07) is 0. The van der Waals surface area contributed by atoms with Gasteiger partial charge in [-0.05, 0) is 57.3 Å². The normalized spacial score (nSPS) is 57.7. The highest BCUT2D eigenvalue weighted by molar-refractivity contribution is 5.83. The van der Waals surface area contributed by atoms with Gasteiger partial charge in [0.25, 0.3) is 0 Å². The lowest BCUT2D eigenvalue weighted by Crippen LogP contribution is -2.56. The Hall–Kier alpha value is -0.370. The SMILES string of the molecule is CC(=O)C12CC3CC(C1)CC(C1CO1)(C3)C2. The molecule has 4 aliphatic carbocycles. The number of Topliss-reactive ketones (excluding diaryl/α,β-unsaturated/α-hetero) is 1. The van der Waals surface area contributed by atoms with Gasteiger partial charge in [-0.2, -0.15) is 0 Å². The molecule has 4 saturated carbocycles. The Balaban J connectivity index is 1.76. The van der Waals surface area contributed by atoms with E-state index in [1.807, 2.05) is 6.92 Å². The van der Waals surface area contributed by atoms with E-state index in [2.05, 4.69) is 0 Å². The molecule has 0 amide bonds. The largest absolute Gasteiger partial charge is 0.373 e. The zero-order valence-corrected chi connectivity index (χ0v) is 10.00. The van der Waals surface area contributed by atoms with Crippen LogP contribution in [0.3, 0.4) is 0 Å². The van der Waals surface area contributed by atoms with Crippen LogP contribution in [0.15, 0.2) is 0 Å². The van der Waals surface area contributed by atoms with Gasteiger partial charge in [0.2, 0.25) is 0 Å². The van der Waals surface area contributed by atoms with Crippen LogP contribution in [0.2, 0.25) is 0 Å². The molecule has 2 heteroatoms. The Kier molecular flexibility index (Phi) is 1.64. The van der Waals surface area contributed by atoms with Gasteiger partial charge >= 0.3 is 0 Å². The first kappa shape index (κ1) is 9.64. The molecule has 0 spiro atoms. The average molecular weight is 220 g/mol. The van der Waals surface area contributed by atoms with Crippen LogP contribution < -0.4 is 0 Å². The van der Waals surface area contributed by atoms with Crippen molar-refractivity contribution in [3.05, 3.63) is 0 Å². The van der Waals surface area contributed by atoms with Crippen molar-refractivity contribution >= 4 is 5.78 Å². The first-order chi connectivity index (χ1) is 7.62. The van der Waals surface area contributed by atoms with Crippen molar-refractivity contribution in [2.24, 2.45) is 22.7 Å². The number of carbonyl (C=O) groups excluding carboxylic acids is 1. The maximum Gasteiger partial charge on any atom is 0.136 e. The van der Waals surface area contributed by atoms with Crippen LogP contribution in [0.1, 0.15) is 45.4 Å². The van der Waals surface area contributed by atoms with Crippen molar-refractivity contribution in [2.75, 3.05) is 6.61 Å². The standard InChI is InChI=1S/C14H20O2/c1-9(15)13-3-10-2-11(4-13)6-14(5-10,8-13)12-7-16-12/h10-12H,2-8H2,1H3. The van der Waals surface area contributed by atoms with Crippen LogP contribution in [-0.2, 0) is 9.53 Å². The molecule has 16 heavy (non-hydrogen) atoms. The second-order valence-electron chi connectivity index (χ2n) is 6.98. The highest BCUT2D eigenvalue weighted by Gasteiger charge is 2.63. The summed E-state index contributed by atoms with van der Waals surface area (Å²) < 4.78 is 5.61. The lowest BCUT2D eigenvalue weighted by atomic mass is 9.42. The molecule has 0 aromatic heterocycles. The quantitative estimate of drug-likeness (QED) is 0.669. The molecule has 0 N–H and O–H groups in total. The molecular weight excluding hydrogens is 200 g/mol. The van der Waals surface area contributed by atoms with E-state index in [1.165, 1.54) is 32.1 Å². The zero-order valence-electron chi connectivity index (χ0n) is 10.00. The van der Waals surface area contributed by atoms with E-state index in [4.69, 9.17) is 4.74 Å². The molecule has 5 aliphatic rings. The number of hydrogen-bond acceptors (Lipinski definition) is 2. The Morgan fingerprint density at radius 2 is 1.81 bits per heavy atom. The van der Waals surface area contributed by atoms with Crippen LogP contribution in [0, 0.1) is 22.7 Å². The van der Waals surface area contributed by atoms with Gasteiger partial charge in [0, 0.05) is 10.8 Å². The Labute approximate surface area is 96.7 Å². The van der Waals surface area contributed by atoms with Crippen LogP contribution in [0.25, 0.3) is 0 Å². The topological polar surface area (TPSA) is 29.6 Å². The third-order valence-corrected chi connectivity index (χ3v) is 5.87. The summed E-state index contributed by atoms with van der Waals surface area (Å²) in [5.74, 6) is 2.12. The zero-order chi connectivity index (χ0) is 11.0. The second-order valence-corrected chi connectivity index (χ2v) is 6.98. The number of hydrogen-bond donors (Lipinski definition) is 0. The summed E-state index contributed by atoms with van der Waals surface area (Å²) in [7, 11) is 0. The minimum atomic E-state index is 0.0655. The minimum Gasteiger partial charge on any atom is -0.373 e. The molecule has 1 saturated heterocycles. The molecule has 0 aromatic rings. The van der Waals surface area contributed by atoms with Gasteiger partial charge in [-0.25, -0.2) is 0 Å². The maximum atomic E-state index is 12.0. The van der Waals surface area contributed by atoms with Crippen LogP contribution in [0.4, 0.5) is 0 Å². The summed E-state index contributed by atoms with van der Waals surface area (Å²) in [5.41, 5.74) is 0.478. The molecule has 1 aliphatic heterocycles. The van der Waals surface area contributed by atoms with E-state index in [-0.39, 0.29) is 5.41 Å². The summed E-state index contributed by atoms with van der Waals surface area (Å²) in [4.78, 5) is 12.0. The number of ether oxygens (including phenoxy) is 1. The van der Waals surface area contributed by atoms with E-state index < -0.39 is 0 Å². The van der Waals surface area contributed by atoms with Gasteiger partial charge in [0.05, 0.1) is 12.7 Å². The predicted molar refractivity (Wildman–Crippen MR) is 60.0 cm³/mol. The van der Waals surface area contributed by atoms with Crippen molar-refractivity contribution in [1.82, 2.24) is 0 Å². The van der Waals surface area contributed by atoms with Crippen molar-refractivity contribution in [3.63, 3.8) is 0 Å². The van der Waals surface area contributed by atoms with Crippen molar-refractivity contribution in [2.45, 2.75) is 51.6 Å². The third kappa shape index (κ3) is 1.09. The summed E-state index contributed by atoms with van der Waals surface area (Å²) in [6.07, 6.45) is 8.13. The van der Waals surface area contributed by atoms with Crippen molar-refractivity contribution in [1.29, 1.82) is 0 Å². The third-order valence-electron chi connectivity index (χ3n) is 5.87. The lowest BCUT2D eigenvalue weighted by molar-refractivity contribution is -0.155. The fourth-order valence-corrected chi connectivity index (χ4v) is 5.52. The second kappa shape index (κ2) is 2.72. The molecule has 5 rings (SSSR count). The summed E-state index contributed by atoms with van der Waals surface area (Å²) in [5, 5.41) is 0. The van der Waals surface area contributed by atoms with E-state index in [0.717, 1.165) is 24.9 Å². The molecule has 5 fully saturated rings. The van der Waals surface area contributed by atoms with Gasteiger partial charge < -0.3 is 4.74 Å². The van der Waals surface area contributed by atoms with Gasteiger partial charge in [-0.3, -0.25) is 4.79 Å². The van der Waals surface area contributed by atoms with Crippen molar-refractivity contribution < 1.29 is 9.53 Å². The molecule has 4 bridgehead atoms.